The number of carbonyl (C=O) groups excluding carboxylic acids is 1. The standard InChI is InChI=1S/C13H15FN2O3/c1-7-9(14)3-2-4-10(7)15-13(19)16-11(12(17)18)8-5-6-8/h2-4,8,11H,5-6H2,1H3,(H,17,18)(H2,15,16,19). The van der Waals surface area contributed by atoms with Gasteiger partial charge in [0.25, 0.3) is 0 Å². The number of carboxylic acid groups (broad SMARTS) is 1. The molecular weight excluding hydrogens is 251 g/mol. The number of halogens is 1. The molecule has 1 aromatic carbocycles. The molecule has 0 aliphatic heterocycles. The molecule has 0 radical (unpaired) electrons. The summed E-state index contributed by atoms with van der Waals surface area (Å²) in [4.78, 5) is 22.7. The van der Waals surface area contributed by atoms with Gasteiger partial charge in [0.2, 0.25) is 0 Å². The maximum atomic E-state index is 13.3. The molecule has 2 rings (SSSR count). The van der Waals surface area contributed by atoms with Gasteiger partial charge in [0.05, 0.1) is 0 Å². The highest BCUT2D eigenvalue weighted by Gasteiger charge is 2.37. The van der Waals surface area contributed by atoms with E-state index in [0.29, 0.717) is 11.3 Å². The van der Waals surface area contributed by atoms with Crippen LogP contribution < -0.4 is 10.6 Å². The van der Waals surface area contributed by atoms with Gasteiger partial charge in [0.15, 0.2) is 0 Å². The summed E-state index contributed by atoms with van der Waals surface area (Å²) in [5.41, 5.74) is 0.647. The van der Waals surface area contributed by atoms with Gasteiger partial charge in [0, 0.05) is 11.3 Å². The predicted molar refractivity (Wildman–Crippen MR) is 67.4 cm³/mol. The van der Waals surface area contributed by atoms with E-state index < -0.39 is 23.9 Å². The van der Waals surface area contributed by atoms with E-state index in [0.717, 1.165) is 12.8 Å². The zero-order valence-electron chi connectivity index (χ0n) is 10.4. The minimum absolute atomic E-state index is 0.00291. The van der Waals surface area contributed by atoms with Crippen LogP contribution in [0.3, 0.4) is 0 Å². The molecule has 5 nitrogen and oxygen atoms in total. The number of rotatable bonds is 4. The van der Waals surface area contributed by atoms with Gasteiger partial charge in [-0.05, 0) is 37.8 Å². The lowest BCUT2D eigenvalue weighted by molar-refractivity contribution is -0.139. The van der Waals surface area contributed by atoms with Crippen LogP contribution in [-0.4, -0.2) is 23.1 Å². The summed E-state index contributed by atoms with van der Waals surface area (Å²) >= 11 is 0. The van der Waals surface area contributed by atoms with Crippen LogP contribution in [0.5, 0.6) is 0 Å². The van der Waals surface area contributed by atoms with Crippen molar-refractivity contribution in [2.24, 2.45) is 5.92 Å². The lowest BCUT2D eigenvalue weighted by Gasteiger charge is -2.15. The monoisotopic (exact) mass is 266 g/mol. The van der Waals surface area contributed by atoms with Gasteiger partial charge >= 0.3 is 12.0 Å². The van der Waals surface area contributed by atoms with E-state index in [2.05, 4.69) is 10.6 Å². The average Bonchev–Trinajstić information content (AvgIpc) is 3.16. The van der Waals surface area contributed by atoms with Crippen molar-refractivity contribution in [1.82, 2.24) is 5.32 Å². The Hall–Kier alpha value is -2.11. The van der Waals surface area contributed by atoms with Gasteiger partial charge in [-0.15, -0.1) is 0 Å². The first-order valence-electron chi connectivity index (χ1n) is 6.04. The van der Waals surface area contributed by atoms with Crippen molar-refractivity contribution < 1.29 is 19.1 Å². The number of hydrogen-bond donors (Lipinski definition) is 3. The molecule has 1 aliphatic carbocycles. The third-order valence-corrected chi connectivity index (χ3v) is 3.16. The Morgan fingerprint density at radius 3 is 2.68 bits per heavy atom. The molecule has 0 aromatic heterocycles. The zero-order chi connectivity index (χ0) is 14.0. The smallest absolute Gasteiger partial charge is 0.326 e. The van der Waals surface area contributed by atoms with Gasteiger partial charge in [-0.1, -0.05) is 6.07 Å². The van der Waals surface area contributed by atoms with Crippen LogP contribution in [0.25, 0.3) is 0 Å². The second kappa shape index (κ2) is 5.26. The van der Waals surface area contributed by atoms with E-state index in [-0.39, 0.29) is 5.92 Å². The third kappa shape index (κ3) is 3.21. The molecule has 1 unspecified atom stereocenters. The lowest BCUT2D eigenvalue weighted by Crippen LogP contribution is -2.44. The molecule has 1 saturated carbocycles. The third-order valence-electron chi connectivity index (χ3n) is 3.16. The summed E-state index contributed by atoms with van der Waals surface area (Å²) in [6.45, 7) is 1.54. The van der Waals surface area contributed by atoms with E-state index in [1.54, 1.807) is 13.0 Å². The fourth-order valence-corrected chi connectivity index (χ4v) is 1.85. The Kier molecular flexibility index (Phi) is 3.69. The maximum Gasteiger partial charge on any atom is 0.326 e. The van der Waals surface area contributed by atoms with Gasteiger partial charge in [0.1, 0.15) is 11.9 Å². The van der Waals surface area contributed by atoms with Crippen LogP contribution >= 0.6 is 0 Å². The Bertz CT molecular complexity index is 515. The molecule has 0 bridgehead atoms. The van der Waals surface area contributed by atoms with E-state index in [9.17, 15) is 14.0 Å². The molecule has 3 N–H and O–H groups in total. The van der Waals surface area contributed by atoms with Crippen LogP contribution in [0.15, 0.2) is 18.2 Å². The van der Waals surface area contributed by atoms with Crippen molar-refractivity contribution in [2.45, 2.75) is 25.8 Å². The molecule has 1 aliphatic rings. The van der Waals surface area contributed by atoms with Crippen LogP contribution in [-0.2, 0) is 4.79 Å². The summed E-state index contributed by atoms with van der Waals surface area (Å²) in [6, 6.07) is 2.82. The fraction of sp³-hybridized carbons (Fsp3) is 0.385. The number of amides is 2. The Morgan fingerprint density at radius 2 is 2.11 bits per heavy atom. The molecule has 1 atom stereocenters. The van der Waals surface area contributed by atoms with Gasteiger partial charge in [-0.25, -0.2) is 14.0 Å². The summed E-state index contributed by atoms with van der Waals surface area (Å²) in [5.74, 6) is -1.47. The number of nitrogens with one attached hydrogen (secondary N) is 2. The molecular formula is C13H15FN2O3. The highest BCUT2D eigenvalue weighted by atomic mass is 19.1. The average molecular weight is 266 g/mol. The first-order chi connectivity index (χ1) is 8.99. The highest BCUT2D eigenvalue weighted by Crippen LogP contribution is 2.32. The molecule has 0 saturated heterocycles. The number of carboxylic acids is 1. The molecule has 102 valence electrons. The van der Waals surface area contributed by atoms with Crippen LogP contribution in [0, 0.1) is 18.7 Å². The van der Waals surface area contributed by atoms with Gasteiger partial charge < -0.3 is 15.7 Å². The first-order valence-corrected chi connectivity index (χ1v) is 6.04. The molecule has 1 fully saturated rings. The van der Waals surface area contributed by atoms with Crippen molar-refractivity contribution in [3.63, 3.8) is 0 Å². The van der Waals surface area contributed by atoms with E-state index in [1.807, 2.05) is 0 Å². The SMILES string of the molecule is Cc1c(F)cccc1NC(=O)NC(C(=O)O)C1CC1. The van der Waals surface area contributed by atoms with Gasteiger partial charge in [-0.2, -0.15) is 0 Å². The number of anilines is 1. The summed E-state index contributed by atoms with van der Waals surface area (Å²) in [5, 5.41) is 13.9. The summed E-state index contributed by atoms with van der Waals surface area (Å²) < 4.78 is 13.3. The van der Waals surface area contributed by atoms with Gasteiger partial charge in [-0.3, -0.25) is 0 Å². The van der Waals surface area contributed by atoms with E-state index in [4.69, 9.17) is 5.11 Å². The van der Waals surface area contributed by atoms with Crippen LogP contribution in [0.1, 0.15) is 18.4 Å². The first kappa shape index (κ1) is 13.3. The van der Waals surface area contributed by atoms with Crippen molar-refractivity contribution in [3.05, 3.63) is 29.6 Å². The largest absolute Gasteiger partial charge is 0.480 e. The highest BCUT2D eigenvalue weighted by molar-refractivity contribution is 5.93. The van der Waals surface area contributed by atoms with Crippen molar-refractivity contribution in [1.29, 1.82) is 0 Å². The number of hydrogen-bond acceptors (Lipinski definition) is 2. The quantitative estimate of drug-likeness (QED) is 0.781. The minimum atomic E-state index is -1.05. The predicted octanol–water partition coefficient (Wildman–Crippen LogP) is 2.12. The molecule has 19 heavy (non-hydrogen) atoms. The number of urea groups is 1. The Labute approximate surface area is 109 Å². The number of benzene rings is 1. The fourth-order valence-electron chi connectivity index (χ4n) is 1.85. The van der Waals surface area contributed by atoms with Crippen LogP contribution in [0.2, 0.25) is 0 Å². The Balaban J connectivity index is 2.00. The molecule has 2 amide bonds. The molecule has 0 spiro atoms. The normalized spacial score (nSPS) is 15.7. The van der Waals surface area contributed by atoms with E-state index in [1.165, 1.54) is 12.1 Å². The molecule has 6 heteroatoms. The number of aliphatic carboxylic acids is 1. The second-order valence-corrected chi connectivity index (χ2v) is 4.66. The maximum absolute atomic E-state index is 13.3. The minimum Gasteiger partial charge on any atom is -0.480 e. The van der Waals surface area contributed by atoms with Crippen LogP contribution in [0.4, 0.5) is 14.9 Å². The number of carbonyl (C=O) groups is 2. The summed E-state index contributed by atoms with van der Waals surface area (Å²) in [7, 11) is 0. The van der Waals surface area contributed by atoms with Crippen molar-refractivity contribution in [3.8, 4) is 0 Å². The van der Waals surface area contributed by atoms with Crippen molar-refractivity contribution >= 4 is 17.7 Å². The Morgan fingerprint density at radius 1 is 1.42 bits per heavy atom. The lowest BCUT2D eigenvalue weighted by atomic mass is 10.2. The van der Waals surface area contributed by atoms with E-state index >= 15 is 0 Å². The topological polar surface area (TPSA) is 78.4 Å². The second-order valence-electron chi connectivity index (χ2n) is 4.66. The summed E-state index contributed by atoms with van der Waals surface area (Å²) in [6.07, 6.45) is 1.60. The molecule has 1 aromatic rings. The molecule has 0 heterocycles. The van der Waals surface area contributed by atoms with Crippen molar-refractivity contribution in [2.75, 3.05) is 5.32 Å². The zero-order valence-corrected chi connectivity index (χ0v) is 10.4.